The molecule has 0 unspecified atom stereocenters. The number of anilines is 2. The third-order valence-corrected chi connectivity index (χ3v) is 3.91. The molecule has 0 spiro atoms. The molecule has 2 rings (SSSR count). The van der Waals surface area contributed by atoms with Crippen molar-refractivity contribution in [1.29, 1.82) is 0 Å². The molecule has 2 nitrogen and oxygen atoms in total. The monoisotopic (exact) mass is 308 g/mol. The number of rotatable bonds is 4. The predicted octanol–water partition coefficient (Wildman–Crippen LogP) is 4.44. The lowest BCUT2D eigenvalue weighted by Crippen LogP contribution is -2.09. The quantitative estimate of drug-likeness (QED) is 0.647. The fourth-order valence-electron chi connectivity index (χ4n) is 1.60. The minimum Gasteiger partial charge on any atom is -0.389 e. The Kier molecular flexibility index (Phi) is 4.69. The van der Waals surface area contributed by atoms with Gasteiger partial charge in [-0.05, 0) is 48.7 Å². The van der Waals surface area contributed by atoms with Crippen LogP contribution in [0.5, 0.6) is 0 Å². The van der Waals surface area contributed by atoms with Gasteiger partial charge in [-0.1, -0.05) is 23.8 Å². The summed E-state index contributed by atoms with van der Waals surface area (Å²) in [6.45, 7) is 0. The molecule has 0 bridgehead atoms. The lowest BCUT2D eigenvalue weighted by atomic mass is 10.2. The Labute approximate surface area is 127 Å². The first-order valence-electron chi connectivity index (χ1n) is 5.60. The average Bonchev–Trinajstić information content (AvgIpc) is 2.41. The molecule has 0 saturated heterocycles. The van der Waals surface area contributed by atoms with Crippen LogP contribution >= 0.6 is 35.6 Å². The molecule has 0 atom stereocenters. The van der Waals surface area contributed by atoms with Crippen LogP contribution in [0, 0.1) is 0 Å². The van der Waals surface area contributed by atoms with Gasteiger partial charge in [-0.25, -0.2) is 0 Å². The van der Waals surface area contributed by atoms with E-state index in [1.165, 1.54) is 4.90 Å². The second-order valence-electron chi connectivity index (χ2n) is 3.91. The summed E-state index contributed by atoms with van der Waals surface area (Å²) in [4.78, 5) is 1.57. The van der Waals surface area contributed by atoms with Gasteiger partial charge in [0.15, 0.2) is 0 Å². The zero-order valence-electron chi connectivity index (χ0n) is 10.3. The summed E-state index contributed by atoms with van der Waals surface area (Å²) in [7, 11) is 0. The first kappa shape index (κ1) is 14.2. The van der Waals surface area contributed by atoms with E-state index in [0.717, 1.165) is 16.9 Å². The van der Waals surface area contributed by atoms with Gasteiger partial charge in [-0.2, -0.15) is 0 Å². The maximum absolute atomic E-state index is 6.20. The molecular weight excluding hydrogens is 296 g/mol. The van der Waals surface area contributed by atoms with Gasteiger partial charge in [0.2, 0.25) is 0 Å². The molecule has 0 aliphatic rings. The Morgan fingerprint density at radius 1 is 1.21 bits per heavy atom. The molecule has 19 heavy (non-hydrogen) atoms. The van der Waals surface area contributed by atoms with Gasteiger partial charge in [0.1, 0.15) is 4.99 Å². The highest BCUT2D eigenvalue weighted by Crippen LogP contribution is 2.27. The Morgan fingerprint density at radius 2 is 1.89 bits per heavy atom. The van der Waals surface area contributed by atoms with Crippen LogP contribution in [0.1, 0.15) is 5.56 Å². The van der Waals surface area contributed by atoms with Crippen LogP contribution in [-0.4, -0.2) is 11.2 Å². The minimum absolute atomic E-state index is 0.345. The topological polar surface area (TPSA) is 38.0 Å². The largest absolute Gasteiger partial charge is 0.389 e. The number of hydrogen-bond acceptors (Lipinski definition) is 3. The highest BCUT2D eigenvalue weighted by atomic mass is 35.5. The average molecular weight is 309 g/mol. The molecule has 0 amide bonds. The molecule has 2 aromatic carbocycles. The van der Waals surface area contributed by atoms with Gasteiger partial charge in [0, 0.05) is 16.1 Å². The van der Waals surface area contributed by atoms with Crippen LogP contribution in [-0.2, 0) is 0 Å². The van der Waals surface area contributed by atoms with Crippen LogP contribution < -0.4 is 11.1 Å². The van der Waals surface area contributed by atoms with Gasteiger partial charge in [0.25, 0.3) is 0 Å². The van der Waals surface area contributed by atoms with E-state index in [9.17, 15) is 0 Å². The maximum atomic E-state index is 6.20. The van der Waals surface area contributed by atoms with Crippen LogP contribution in [0.25, 0.3) is 0 Å². The van der Waals surface area contributed by atoms with Crippen molar-refractivity contribution in [3.05, 3.63) is 53.1 Å². The molecule has 3 N–H and O–H groups in total. The molecule has 0 saturated carbocycles. The molecule has 0 aromatic heterocycles. The van der Waals surface area contributed by atoms with Crippen molar-refractivity contribution in [2.45, 2.75) is 4.90 Å². The molecule has 0 heterocycles. The number of nitrogens with one attached hydrogen (secondary N) is 1. The molecular formula is C14H13ClN2S2. The van der Waals surface area contributed by atoms with Crippen molar-refractivity contribution in [2.24, 2.45) is 5.73 Å². The lowest BCUT2D eigenvalue weighted by Gasteiger charge is -2.10. The van der Waals surface area contributed by atoms with E-state index in [0.29, 0.717) is 10.0 Å². The predicted molar refractivity (Wildman–Crippen MR) is 88.8 cm³/mol. The van der Waals surface area contributed by atoms with Crippen LogP contribution in [0.2, 0.25) is 5.02 Å². The SMILES string of the molecule is CSc1ccc(Nc2ccc(C(N)=S)cc2Cl)cc1. The molecule has 0 radical (unpaired) electrons. The first-order chi connectivity index (χ1) is 9.10. The number of hydrogen-bond donors (Lipinski definition) is 2. The Morgan fingerprint density at radius 3 is 2.42 bits per heavy atom. The molecule has 98 valence electrons. The zero-order valence-corrected chi connectivity index (χ0v) is 12.7. The summed E-state index contributed by atoms with van der Waals surface area (Å²) < 4.78 is 0. The van der Waals surface area contributed by atoms with E-state index in [1.807, 2.05) is 30.5 Å². The lowest BCUT2D eigenvalue weighted by molar-refractivity contribution is 1.44. The molecule has 0 aliphatic carbocycles. The Hall–Kier alpha value is -1.23. The number of benzene rings is 2. The van der Waals surface area contributed by atoms with Crippen molar-refractivity contribution in [3.8, 4) is 0 Å². The van der Waals surface area contributed by atoms with E-state index in [-0.39, 0.29) is 0 Å². The molecule has 2 aromatic rings. The summed E-state index contributed by atoms with van der Waals surface area (Å²) in [5.74, 6) is 0. The van der Waals surface area contributed by atoms with Crippen LogP contribution in [0.3, 0.4) is 0 Å². The Balaban J connectivity index is 2.20. The zero-order chi connectivity index (χ0) is 13.8. The third kappa shape index (κ3) is 3.62. The number of nitrogens with two attached hydrogens (primary N) is 1. The second-order valence-corrected chi connectivity index (χ2v) is 5.64. The van der Waals surface area contributed by atoms with E-state index in [4.69, 9.17) is 29.6 Å². The van der Waals surface area contributed by atoms with Gasteiger partial charge < -0.3 is 11.1 Å². The van der Waals surface area contributed by atoms with Crippen LogP contribution in [0.15, 0.2) is 47.4 Å². The van der Waals surface area contributed by atoms with Crippen molar-refractivity contribution in [3.63, 3.8) is 0 Å². The maximum Gasteiger partial charge on any atom is 0.104 e. The molecule has 0 aliphatic heterocycles. The van der Waals surface area contributed by atoms with Gasteiger partial charge >= 0.3 is 0 Å². The summed E-state index contributed by atoms with van der Waals surface area (Å²) in [6.07, 6.45) is 2.05. The Bertz CT molecular complexity index is 597. The van der Waals surface area contributed by atoms with Crippen molar-refractivity contribution >= 4 is 51.9 Å². The molecule has 5 heteroatoms. The van der Waals surface area contributed by atoms with E-state index < -0.39 is 0 Å². The minimum atomic E-state index is 0.345. The fourth-order valence-corrected chi connectivity index (χ4v) is 2.36. The summed E-state index contributed by atoms with van der Waals surface area (Å²) in [6, 6.07) is 13.6. The number of thioether (sulfide) groups is 1. The smallest absolute Gasteiger partial charge is 0.104 e. The van der Waals surface area contributed by atoms with Crippen molar-refractivity contribution in [2.75, 3.05) is 11.6 Å². The van der Waals surface area contributed by atoms with Gasteiger partial charge in [-0.3, -0.25) is 0 Å². The first-order valence-corrected chi connectivity index (χ1v) is 7.61. The fraction of sp³-hybridized carbons (Fsp3) is 0.0714. The van der Waals surface area contributed by atoms with Gasteiger partial charge in [0.05, 0.1) is 10.7 Å². The highest BCUT2D eigenvalue weighted by Gasteiger charge is 2.04. The summed E-state index contributed by atoms with van der Waals surface area (Å²) in [5.41, 5.74) is 8.15. The molecule has 0 fully saturated rings. The van der Waals surface area contributed by atoms with Crippen molar-refractivity contribution in [1.82, 2.24) is 0 Å². The van der Waals surface area contributed by atoms with E-state index in [2.05, 4.69) is 17.4 Å². The number of thiocarbonyl (C=S) groups is 1. The van der Waals surface area contributed by atoms with Gasteiger partial charge in [-0.15, -0.1) is 11.8 Å². The standard InChI is InChI=1S/C14H13ClN2S2/c1-19-11-5-3-10(4-6-11)17-13-7-2-9(14(16)18)8-12(13)15/h2-8,17H,1H3,(H2,16,18). The highest BCUT2D eigenvalue weighted by molar-refractivity contribution is 7.98. The van der Waals surface area contributed by atoms with E-state index in [1.54, 1.807) is 17.8 Å². The summed E-state index contributed by atoms with van der Waals surface area (Å²) in [5, 5.41) is 3.86. The second kappa shape index (κ2) is 6.28. The van der Waals surface area contributed by atoms with Crippen molar-refractivity contribution < 1.29 is 0 Å². The third-order valence-electron chi connectivity index (χ3n) is 2.62. The normalized spacial score (nSPS) is 10.2. The van der Waals surface area contributed by atoms with E-state index >= 15 is 0 Å². The summed E-state index contributed by atoms with van der Waals surface area (Å²) >= 11 is 12.8. The van der Waals surface area contributed by atoms with Crippen LogP contribution in [0.4, 0.5) is 11.4 Å². The number of halogens is 1.